The van der Waals surface area contributed by atoms with Crippen molar-refractivity contribution in [3.05, 3.63) is 45.4 Å². The zero-order chi connectivity index (χ0) is 23.2. The maximum Gasteiger partial charge on any atom is 0.280 e. The first-order chi connectivity index (χ1) is 15.8. The third kappa shape index (κ3) is 4.05. The van der Waals surface area contributed by atoms with Crippen molar-refractivity contribution in [3.8, 4) is 0 Å². The summed E-state index contributed by atoms with van der Waals surface area (Å²) in [5, 5.41) is 7.06. The second-order valence-corrected chi connectivity index (χ2v) is 9.24. The van der Waals surface area contributed by atoms with Gasteiger partial charge in [0.2, 0.25) is 0 Å². The molecule has 2 aromatic heterocycles. The van der Waals surface area contributed by atoms with Crippen LogP contribution in [0.1, 0.15) is 33.8 Å². The van der Waals surface area contributed by atoms with E-state index in [2.05, 4.69) is 30.6 Å². The van der Waals surface area contributed by atoms with E-state index in [-0.39, 0.29) is 28.8 Å². The molecule has 0 atom stereocenters. The van der Waals surface area contributed by atoms with Gasteiger partial charge >= 0.3 is 0 Å². The molecule has 7 N–H and O–H groups in total. The molecule has 33 heavy (non-hydrogen) atoms. The number of nitrogens with zero attached hydrogens (tertiary/aromatic N) is 4. The molecule has 4 heterocycles. The number of aromatic nitrogens is 3. The third-order valence-corrected chi connectivity index (χ3v) is 6.84. The van der Waals surface area contributed by atoms with E-state index in [1.807, 2.05) is 57.8 Å². The minimum Gasteiger partial charge on any atom is -0.382 e. The second kappa shape index (κ2) is 8.17. The first-order valence-corrected chi connectivity index (χ1v) is 11.5. The quantitative estimate of drug-likeness (QED) is 0.293. The Bertz CT molecular complexity index is 1260. The fraction of sp³-hybridized carbons (Fsp3) is 0.286. The van der Waals surface area contributed by atoms with Gasteiger partial charge in [0.25, 0.3) is 11.8 Å². The number of amides is 2. The topological polar surface area (TPSA) is 167 Å². The van der Waals surface area contributed by atoms with Gasteiger partial charge in [-0.1, -0.05) is 18.2 Å². The number of hydrogen-bond acceptors (Lipinski definition) is 8. The molecule has 2 aliphatic rings. The van der Waals surface area contributed by atoms with Gasteiger partial charge in [-0.15, -0.1) is 0 Å². The standard InChI is InChI=1S/C21H22IN9O2/c22-15-17(24)28-16(23)14(27-15)18(32)29-20-25-10-21(30-20)5-7-31(8-6-21)19(33)13-9-11-3-1-2-4-12(11)26-13/h1-4,9,26H,5-8,10H2,(H4,23,24,28)(H2,25,29,30,32). The van der Waals surface area contributed by atoms with Gasteiger partial charge < -0.3 is 26.7 Å². The Morgan fingerprint density at radius 2 is 1.88 bits per heavy atom. The van der Waals surface area contributed by atoms with Crippen LogP contribution in [0.25, 0.3) is 10.9 Å². The predicted molar refractivity (Wildman–Crippen MR) is 133 cm³/mol. The molecule has 5 rings (SSSR count). The largest absolute Gasteiger partial charge is 0.382 e. The molecule has 0 radical (unpaired) electrons. The molecule has 0 aliphatic carbocycles. The van der Waals surface area contributed by atoms with Gasteiger partial charge in [-0.05, 0) is 47.6 Å². The molecule has 0 bridgehead atoms. The highest BCUT2D eigenvalue weighted by atomic mass is 127. The highest BCUT2D eigenvalue weighted by molar-refractivity contribution is 14.1. The van der Waals surface area contributed by atoms with E-state index < -0.39 is 5.91 Å². The monoisotopic (exact) mass is 559 g/mol. The number of likely N-dealkylation sites (tertiary alicyclic amines) is 1. The molecule has 0 unspecified atom stereocenters. The Morgan fingerprint density at radius 3 is 2.64 bits per heavy atom. The summed E-state index contributed by atoms with van der Waals surface area (Å²) >= 11 is 1.90. The molecule has 3 aromatic rings. The Hall–Kier alpha value is -3.42. The van der Waals surface area contributed by atoms with Crippen LogP contribution < -0.4 is 22.1 Å². The number of para-hydroxylation sites is 1. The molecule has 170 valence electrons. The van der Waals surface area contributed by atoms with Crippen molar-refractivity contribution in [1.82, 2.24) is 30.5 Å². The fourth-order valence-electron chi connectivity index (χ4n) is 4.19. The van der Waals surface area contributed by atoms with Crippen molar-refractivity contribution in [2.75, 3.05) is 31.1 Å². The minimum atomic E-state index is -0.507. The number of carbonyl (C=O) groups is 2. The summed E-state index contributed by atoms with van der Waals surface area (Å²) < 4.78 is 0.400. The van der Waals surface area contributed by atoms with Crippen LogP contribution in [0.3, 0.4) is 0 Å². The van der Waals surface area contributed by atoms with Crippen LogP contribution in [0.15, 0.2) is 35.3 Å². The number of rotatable bonds is 2. The molecule has 2 amide bonds. The van der Waals surface area contributed by atoms with Crippen LogP contribution in [0.2, 0.25) is 0 Å². The van der Waals surface area contributed by atoms with Crippen molar-refractivity contribution in [1.29, 1.82) is 0 Å². The zero-order valence-electron chi connectivity index (χ0n) is 17.6. The van der Waals surface area contributed by atoms with Gasteiger partial charge in [-0.2, -0.15) is 0 Å². The van der Waals surface area contributed by atoms with Crippen molar-refractivity contribution in [3.63, 3.8) is 0 Å². The number of piperidine rings is 1. The number of aliphatic imine (C=N–C) groups is 1. The predicted octanol–water partition coefficient (Wildman–Crippen LogP) is 1.09. The number of guanidine groups is 1. The lowest BCUT2D eigenvalue weighted by Crippen LogP contribution is -2.57. The molecule has 12 heteroatoms. The van der Waals surface area contributed by atoms with E-state index in [0.29, 0.717) is 47.8 Å². The van der Waals surface area contributed by atoms with Gasteiger partial charge in [0, 0.05) is 24.0 Å². The fourth-order valence-corrected chi connectivity index (χ4v) is 4.55. The summed E-state index contributed by atoms with van der Waals surface area (Å²) in [6.45, 7) is 1.69. The van der Waals surface area contributed by atoms with Crippen LogP contribution in [0.5, 0.6) is 0 Å². The highest BCUT2D eigenvalue weighted by Gasteiger charge is 2.40. The van der Waals surface area contributed by atoms with Gasteiger partial charge in [-0.3, -0.25) is 19.9 Å². The number of H-pyrrole nitrogens is 1. The summed E-state index contributed by atoms with van der Waals surface area (Å²) in [6, 6.07) is 9.71. The molecule has 0 saturated carbocycles. The molecule has 2 aliphatic heterocycles. The van der Waals surface area contributed by atoms with Crippen LogP contribution in [0.4, 0.5) is 11.6 Å². The molecule has 1 fully saturated rings. The van der Waals surface area contributed by atoms with E-state index in [1.54, 1.807) is 0 Å². The number of nitrogens with two attached hydrogens (primary N) is 2. The first-order valence-electron chi connectivity index (χ1n) is 10.4. The third-order valence-electron chi connectivity index (χ3n) is 6.04. The number of hydrogen-bond donors (Lipinski definition) is 5. The summed E-state index contributed by atoms with van der Waals surface area (Å²) in [6.07, 6.45) is 1.42. The van der Waals surface area contributed by atoms with E-state index in [9.17, 15) is 9.59 Å². The summed E-state index contributed by atoms with van der Waals surface area (Å²) in [7, 11) is 0. The number of nitrogens with one attached hydrogen (secondary N) is 3. The van der Waals surface area contributed by atoms with Gasteiger partial charge in [0.05, 0.1) is 12.1 Å². The Labute approximate surface area is 202 Å². The SMILES string of the molecule is Nc1nc(N)c(C(=O)NC2=NCC3(CCN(C(=O)c4cc5ccccc5[nH]4)CC3)N2)nc1I. The maximum atomic E-state index is 13.0. The molecular formula is C21H22IN9O2. The number of halogens is 1. The lowest BCUT2D eigenvalue weighted by molar-refractivity contribution is 0.0663. The van der Waals surface area contributed by atoms with Crippen LogP contribution in [0, 0.1) is 3.70 Å². The lowest BCUT2D eigenvalue weighted by Gasteiger charge is -2.39. The average molecular weight is 559 g/mol. The van der Waals surface area contributed by atoms with Gasteiger partial charge in [0.15, 0.2) is 23.3 Å². The van der Waals surface area contributed by atoms with Crippen molar-refractivity contribution in [2.24, 2.45) is 4.99 Å². The van der Waals surface area contributed by atoms with E-state index >= 15 is 0 Å². The highest BCUT2D eigenvalue weighted by Crippen LogP contribution is 2.27. The number of benzene rings is 1. The van der Waals surface area contributed by atoms with Crippen LogP contribution in [-0.2, 0) is 0 Å². The van der Waals surface area contributed by atoms with Crippen molar-refractivity contribution >= 4 is 62.9 Å². The first kappa shape index (κ1) is 21.4. The normalized spacial score (nSPS) is 17.1. The van der Waals surface area contributed by atoms with E-state index in [4.69, 9.17) is 11.5 Å². The number of anilines is 2. The molecule has 1 saturated heterocycles. The maximum absolute atomic E-state index is 13.0. The van der Waals surface area contributed by atoms with Crippen molar-refractivity contribution < 1.29 is 9.59 Å². The number of nitrogen functional groups attached to an aromatic ring is 2. The van der Waals surface area contributed by atoms with E-state index in [1.165, 1.54) is 0 Å². The Kier molecular flexibility index (Phi) is 5.31. The number of aromatic amines is 1. The Balaban J connectivity index is 1.20. The number of fused-ring (bicyclic) bond motifs is 1. The summed E-state index contributed by atoms with van der Waals surface area (Å²) in [4.78, 5) is 43.2. The second-order valence-electron chi connectivity index (χ2n) is 8.22. The van der Waals surface area contributed by atoms with Gasteiger partial charge in [0.1, 0.15) is 9.39 Å². The van der Waals surface area contributed by atoms with Crippen LogP contribution in [-0.4, -0.2) is 62.8 Å². The lowest BCUT2D eigenvalue weighted by atomic mass is 9.88. The van der Waals surface area contributed by atoms with E-state index in [0.717, 1.165) is 10.9 Å². The molecular weight excluding hydrogens is 537 g/mol. The molecule has 11 nitrogen and oxygen atoms in total. The molecule has 1 spiro atoms. The summed E-state index contributed by atoms with van der Waals surface area (Å²) in [5.74, 6) is -0.0206. The molecule has 1 aromatic carbocycles. The zero-order valence-corrected chi connectivity index (χ0v) is 19.7. The van der Waals surface area contributed by atoms with Gasteiger partial charge in [-0.25, -0.2) is 9.97 Å². The average Bonchev–Trinajstić information content (AvgIpc) is 3.40. The minimum absolute atomic E-state index is 0.00204. The Morgan fingerprint density at radius 1 is 1.12 bits per heavy atom. The van der Waals surface area contributed by atoms with Crippen LogP contribution >= 0.6 is 22.6 Å². The van der Waals surface area contributed by atoms with Crippen molar-refractivity contribution in [2.45, 2.75) is 18.4 Å². The number of carbonyl (C=O) groups excluding carboxylic acids is 2. The summed E-state index contributed by atoms with van der Waals surface area (Å²) in [5.41, 5.74) is 12.7. The smallest absolute Gasteiger partial charge is 0.280 e.